The van der Waals surface area contributed by atoms with Crippen molar-refractivity contribution in [3.8, 4) is 5.75 Å². The smallest absolute Gasteiger partial charge is 0.254 e. The molecular formula is C31H26Cl2N6O3. The topological polar surface area (TPSA) is 94.3 Å². The number of carbonyl (C=O) groups is 2. The summed E-state index contributed by atoms with van der Waals surface area (Å²) in [6.07, 6.45) is 6.06. The molecule has 212 valence electrons. The summed E-state index contributed by atoms with van der Waals surface area (Å²) >= 11 is 12.2. The van der Waals surface area contributed by atoms with E-state index in [2.05, 4.69) is 19.9 Å². The lowest BCUT2D eigenvalue weighted by Crippen LogP contribution is -2.63. The number of fused-ring (bicyclic) bond motifs is 3. The quantitative estimate of drug-likeness (QED) is 0.284. The van der Waals surface area contributed by atoms with Gasteiger partial charge in [0.05, 0.1) is 42.6 Å². The Hall–Kier alpha value is -4.34. The van der Waals surface area contributed by atoms with Gasteiger partial charge in [0, 0.05) is 58.6 Å². The van der Waals surface area contributed by atoms with Crippen LogP contribution in [-0.2, 0) is 12.1 Å². The number of methoxy groups -OCH3 is 1. The molecule has 9 nitrogen and oxygen atoms in total. The molecule has 42 heavy (non-hydrogen) atoms. The van der Waals surface area contributed by atoms with Gasteiger partial charge >= 0.3 is 0 Å². The second kappa shape index (κ2) is 10.2. The molecule has 0 saturated carbocycles. The summed E-state index contributed by atoms with van der Waals surface area (Å²) in [6, 6.07) is 18.0. The Morgan fingerprint density at radius 1 is 1.02 bits per heavy atom. The standard InChI is InChI=1S/C31H26Cl2N6O3/c1-42-27-5-3-2-4-20(27)15-37-18-35-24-12-19(6-7-26(24)37)29(40)36-25-14-31(39-9-8-34-28(25)39)16-38(17-31)30(41)21-10-22(32)13-23(33)11-21/h2-13,18,25H,14-17H2,1H3,(H,36,40). The molecule has 2 aromatic heterocycles. The molecule has 2 amide bonds. The number of hydrogen-bond donors (Lipinski definition) is 1. The van der Waals surface area contributed by atoms with Crippen molar-refractivity contribution in [3.05, 3.63) is 112 Å². The van der Waals surface area contributed by atoms with Crippen molar-refractivity contribution in [2.75, 3.05) is 20.2 Å². The Labute approximate surface area is 251 Å². The number of nitrogens with zero attached hydrogens (tertiary/aromatic N) is 5. The van der Waals surface area contributed by atoms with Gasteiger partial charge in [-0.05, 0) is 42.5 Å². The molecule has 1 atom stereocenters. The van der Waals surface area contributed by atoms with Gasteiger partial charge in [0.25, 0.3) is 11.8 Å². The number of rotatable bonds is 6. The first kappa shape index (κ1) is 26.6. The fraction of sp³-hybridized carbons (Fsp3) is 0.226. The lowest BCUT2D eigenvalue weighted by atomic mass is 9.85. The maximum absolute atomic E-state index is 13.4. The third-order valence-electron chi connectivity index (χ3n) is 8.17. The summed E-state index contributed by atoms with van der Waals surface area (Å²) in [5, 5.41) is 4.01. The van der Waals surface area contributed by atoms with Crippen LogP contribution in [0.25, 0.3) is 11.0 Å². The van der Waals surface area contributed by atoms with E-state index < -0.39 is 0 Å². The van der Waals surface area contributed by atoms with Crippen molar-refractivity contribution in [2.24, 2.45) is 0 Å². The predicted octanol–water partition coefficient (Wildman–Crippen LogP) is 5.32. The van der Waals surface area contributed by atoms with E-state index in [1.807, 2.05) is 47.2 Å². The molecule has 1 unspecified atom stereocenters. The predicted molar refractivity (Wildman–Crippen MR) is 159 cm³/mol. The number of aromatic nitrogens is 4. The van der Waals surface area contributed by atoms with Crippen LogP contribution in [-0.4, -0.2) is 56.0 Å². The maximum Gasteiger partial charge on any atom is 0.254 e. The van der Waals surface area contributed by atoms with Gasteiger partial charge in [-0.15, -0.1) is 0 Å². The van der Waals surface area contributed by atoms with Crippen LogP contribution in [0.15, 0.2) is 79.4 Å². The molecule has 2 aliphatic rings. The second-order valence-electron chi connectivity index (χ2n) is 10.8. The molecule has 1 fully saturated rings. The molecule has 3 aromatic carbocycles. The van der Waals surface area contributed by atoms with E-state index in [0.717, 1.165) is 28.2 Å². The lowest BCUT2D eigenvalue weighted by molar-refractivity contribution is 0.0139. The number of hydrogen-bond acceptors (Lipinski definition) is 5. The van der Waals surface area contributed by atoms with Crippen molar-refractivity contribution in [1.82, 2.24) is 29.3 Å². The van der Waals surface area contributed by atoms with Gasteiger partial charge in [-0.25, -0.2) is 9.97 Å². The minimum Gasteiger partial charge on any atom is -0.496 e. The second-order valence-corrected chi connectivity index (χ2v) is 11.7. The Bertz CT molecular complexity index is 1840. The number of amides is 2. The zero-order chi connectivity index (χ0) is 29.0. The van der Waals surface area contributed by atoms with Crippen molar-refractivity contribution < 1.29 is 14.3 Å². The average Bonchev–Trinajstić information content (AvgIpc) is 3.67. The van der Waals surface area contributed by atoms with Crippen LogP contribution in [0.3, 0.4) is 0 Å². The first-order valence-corrected chi connectivity index (χ1v) is 14.3. The highest BCUT2D eigenvalue weighted by molar-refractivity contribution is 6.35. The van der Waals surface area contributed by atoms with E-state index in [1.165, 1.54) is 0 Å². The third kappa shape index (κ3) is 4.49. The SMILES string of the molecule is COc1ccccc1Cn1cnc2cc(C(=O)NC3CC4(CN(C(=O)c5cc(Cl)cc(Cl)c5)C4)n4ccnc43)ccc21. The average molecular weight is 601 g/mol. The van der Waals surface area contributed by atoms with E-state index in [4.69, 9.17) is 27.9 Å². The number of para-hydroxylation sites is 1. The Morgan fingerprint density at radius 3 is 2.60 bits per heavy atom. The molecule has 0 aliphatic carbocycles. The van der Waals surface area contributed by atoms with Crippen LogP contribution >= 0.6 is 23.2 Å². The van der Waals surface area contributed by atoms with Gasteiger partial charge in [0.1, 0.15) is 11.6 Å². The van der Waals surface area contributed by atoms with Gasteiger partial charge < -0.3 is 24.1 Å². The fourth-order valence-corrected chi connectivity index (χ4v) is 6.72. The van der Waals surface area contributed by atoms with E-state index in [0.29, 0.717) is 47.2 Å². The van der Waals surface area contributed by atoms with Gasteiger partial charge in [-0.3, -0.25) is 9.59 Å². The first-order chi connectivity index (χ1) is 20.3. The monoisotopic (exact) mass is 600 g/mol. The van der Waals surface area contributed by atoms with E-state index in [1.54, 1.807) is 48.8 Å². The van der Waals surface area contributed by atoms with Crippen LogP contribution in [0.1, 0.15) is 44.6 Å². The number of carbonyl (C=O) groups excluding carboxylic acids is 2. The molecule has 5 aromatic rings. The van der Waals surface area contributed by atoms with Crippen LogP contribution < -0.4 is 10.1 Å². The zero-order valence-electron chi connectivity index (χ0n) is 22.6. The molecule has 2 aliphatic heterocycles. The Morgan fingerprint density at radius 2 is 1.81 bits per heavy atom. The molecule has 11 heteroatoms. The molecule has 4 heterocycles. The summed E-state index contributed by atoms with van der Waals surface area (Å²) in [7, 11) is 1.66. The molecule has 1 spiro atoms. The Balaban J connectivity index is 1.05. The largest absolute Gasteiger partial charge is 0.496 e. The van der Waals surface area contributed by atoms with Crippen LogP contribution in [0.2, 0.25) is 10.0 Å². The Kier molecular flexibility index (Phi) is 6.44. The van der Waals surface area contributed by atoms with E-state index in [9.17, 15) is 9.59 Å². The van der Waals surface area contributed by atoms with Crippen molar-refractivity contribution >= 4 is 46.0 Å². The fourth-order valence-electron chi connectivity index (χ4n) is 6.20. The summed E-state index contributed by atoms with van der Waals surface area (Å²) in [5.74, 6) is 1.27. The highest BCUT2D eigenvalue weighted by atomic mass is 35.5. The van der Waals surface area contributed by atoms with Crippen molar-refractivity contribution in [2.45, 2.75) is 24.5 Å². The minimum atomic E-state index is -0.330. The van der Waals surface area contributed by atoms with E-state index in [-0.39, 0.29) is 23.4 Å². The van der Waals surface area contributed by atoms with Gasteiger partial charge in [-0.2, -0.15) is 0 Å². The van der Waals surface area contributed by atoms with Crippen LogP contribution in [0.5, 0.6) is 5.75 Å². The van der Waals surface area contributed by atoms with Crippen LogP contribution in [0, 0.1) is 0 Å². The zero-order valence-corrected chi connectivity index (χ0v) is 24.1. The van der Waals surface area contributed by atoms with Crippen molar-refractivity contribution in [3.63, 3.8) is 0 Å². The molecule has 1 saturated heterocycles. The lowest BCUT2D eigenvalue weighted by Gasteiger charge is -2.49. The van der Waals surface area contributed by atoms with Gasteiger partial charge in [0.15, 0.2) is 0 Å². The first-order valence-electron chi connectivity index (χ1n) is 13.5. The molecular weight excluding hydrogens is 575 g/mol. The normalized spacial score (nSPS) is 16.8. The number of benzene rings is 3. The van der Waals surface area contributed by atoms with Gasteiger partial charge in [-0.1, -0.05) is 41.4 Å². The number of halogens is 2. The van der Waals surface area contributed by atoms with Crippen LogP contribution in [0.4, 0.5) is 0 Å². The number of nitrogens with one attached hydrogen (secondary N) is 1. The number of likely N-dealkylation sites (tertiary alicyclic amines) is 1. The summed E-state index contributed by atoms with van der Waals surface area (Å²) in [4.78, 5) is 37.4. The number of ether oxygens (including phenoxy) is 1. The molecule has 1 N–H and O–H groups in total. The maximum atomic E-state index is 13.4. The molecule has 0 bridgehead atoms. The highest BCUT2D eigenvalue weighted by Gasteiger charge is 2.53. The highest BCUT2D eigenvalue weighted by Crippen LogP contribution is 2.45. The number of imidazole rings is 2. The van der Waals surface area contributed by atoms with Crippen molar-refractivity contribution in [1.29, 1.82) is 0 Å². The molecule has 0 radical (unpaired) electrons. The summed E-state index contributed by atoms with van der Waals surface area (Å²) < 4.78 is 9.62. The molecule has 7 rings (SSSR count). The summed E-state index contributed by atoms with van der Waals surface area (Å²) in [6.45, 7) is 1.60. The third-order valence-corrected chi connectivity index (χ3v) is 8.60. The minimum absolute atomic E-state index is 0.127. The van der Waals surface area contributed by atoms with E-state index >= 15 is 0 Å². The van der Waals surface area contributed by atoms with Gasteiger partial charge in [0.2, 0.25) is 0 Å². The summed E-state index contributed by atoms with van der Waals surface area (Å²) in [5.41, 5.74) is 3.34.